The molecule has 1 amide bonds. The second kappa shape index (κ2) is 9.20. The largest absolute Gasteiger partial charge is 0.508 e. The van der Waals surface area contributed by atoms with Gasteiger partial charge in [0, 0.05) is 36.7 Å². The fraction of sp³-hybridized carbons (Fsp3) is 0.323. The van der Waals surface area contributed by atoms with Crippen LogP contribution in [0.25, 0.3) is 28.1 Å². The van der Waals surface area contributed by atoms with Crippen LogP contribution in [-0.4, -0.2) is 82.6 Å². The molecular weight excluding hydrogens is 542 g/mol. The predicted molar refractivity (Wildman–Crippen MR) is 154 cm³/mol. The van der Waals surface area contributed by atoms with Crippen molar-refractivity contribution in [1.82, 2.24) is 4.90 Å². The number of aliphatic hydroxyl groups is 3. The molecule has 2 aromatic carbocycles. The van der Waals surface area contributed by atoms with Crippen molar-refractivity contribution in [3.63, 3.8) is 0 Å². The Balaban J connectivity index is 1.59. The molecule has 3 aliphatic rings. The number of aliphatic hydroxyl groups excluding tert-OH is 2. The zero-order chi connectivity index (χ0) is 30.4. The van der Waals surface area contributed by atoms with Crippen LogP contribution in [-0.2, 0) is 20.8 Å². The molecule has 0 unspecified atom stereocenters. The third-order valence-electron chi connectivity index (χ3n) is 8.87. The zero-order valence-corrected chi connectivity index (χ0v) is 23.5. The van der Waals surface area contributed by atoms with Crippen molar-refractivity contribution >= 4 is 39.9 Å². The summed E-state index contributed by atoms with van der Waals surface area (Å²) in [6.45, 7) is 0. The van der Waals surface area contributed by atoms with Crippen molar-refractivity contribution in [3.05, 3.63) is 64.4 Å². The first-order chi connectivity index (χ1) is 19.8. The fourth-order valence-electron chi connectivity index (χ4n) is 6.99. The molecule has 0 bridgehead atoms. The smallest absolute Gasteiger partial charge is 0.255 e. The van der Waals surface area contributed by atoms with Gasteiger partial charge in [-0.05, 0) is 56.6 Å². The van der Waals surface area contributed by atoms with E-state index in [0.717, 1.165) is 5.39 Å². The molecule has 3 aliphatic carbocycles. The van der Waals surface area contributed by atoms with E-state index in [4.69, 9.17) is 10.2 Å². The van der Waals surface area contributed by atoms with Crippen LogP contribution in [0.15, 0.2) is 57.7 Å². The summed E-state index contributed by atoms with van der Waals surface area (Å²) in [4.78, 5) is 42.9. The Morgan fingerprint density at radius 3 is 2.38 bits per heavy atom. The van der Waals surface area contributed by atoms with E-state index in [9.17, 15) is 34.8 Å². The van der Waals surface area contributed by atoms with Crippen molar-refractivity contribution in [2.24, 2.45) is 17.6 Å². The van der Waals surface area contributed by atoms with Crippen LogP contribution in [0, 0.1) is 11.8 Å². The number of furan rings is 1. The lowest BCUT2D eigenvalue weighted by Gasteiger charge is -2.50. The summed E-state index contributed by atoms with van der Waals surface area (Å²) >= 11 is 0. The number of primary amides is 1. The molecule has 0 saturated heterocycles. The molecule has 6 N–H and O–H groups in total. The molecule has 6 rings (SSSR count). The Hall–Kier alpha value is -4.61. The average molecular weight is 574 g/mol. The van der Waals surface area contributed by atoms with Crippen LogP contribution in [0.2, 0.25) is 0 Å². The van der Waals surface area contributed by atoms with E-state index in [2.05, 4.69) is 0 Å². The number of aromatic hydroxyl groups is 1. The molecule has 0 aliphatic heterocycles. The first kappa shape index (κ1) is 27.6. The van der Waals surface area contributed by atoms with Gasteiger partial charge in [0.15, 0.2) is 11.4 Å². The summed E-state index contributed by atoms with van der Waals surface area (Å²) in [6, 6.07) is 9.71. The number of nitrogens with zero attached hydrogens (tertiary/aromatic N) is 2. The molecule has 1 saturated carbocycles. The number of amides is 1. The molecule has 1 fully saturated rings. The number of phenolic OH excluding ortho intramolecular Hbond substituents is 1. The van der Waals surface area contributed by atoms with E-state index in [1.165, 1.54) is 4.90 Å². The molecule has 0 spiro atoms. The maximum atomic E-state index is 14.1. The highest BCUT2D eigenvalue weighted by atomic mass is 16.4. The quantitative estimate of drug-likeness (QED) is 0.291. The Labute approximate surface area is 240 Å². The third kappa shape index (κ3) is 3.56. The average Bonchev–Trinajstić information content (AvgIpc) is 3.34. The number of carbonyl (C=O) groups excluding carboxylic acids is 3. The molecule has 4 atom stereocenters. The summed E-state index contributed by atoms with van der Waals surface area (Å²) in [5.74, 6) is -6.56. The van der Waals surface area contributed by atoms with Gasteiger partial charge in [0.25, 0.3) is 5.91 Å². The van der Waals surface area contributed by atoms with Crippen LogP contribution in [0.1, 0.15) is 17.5 Å². The number of Topliss-reactive ketones (excluding diaryl/α,β-unsaturated/α-hetero) is 2. The Morgan fingerprint density at radius 1 is 1.07 bits per heavy atom. The number of fused-ring (bicyclic) bond motifs is 4. The number of nitrogens with two attached hydrogens (primary N) is 1. The molecule has 1 heterocycles. The third-order valence-corrected chi connectivity index (χ3v) is 8.87. The number of benzene rings is 2. The Kier molecular flexibility index (Phi) is 6.03. The van der Waals surface area contributed by atoms with Gasteiger partial charge in [-0.2, -0.15) is 0 Å². The maximum absolute atomic E-state index is 14.1. The fourth-order valence-corrected chi connectivity index (χ4v) is 6.99. The number of carbonyl (C=O) groups is 3. The van der Waals surface area contributed by atoms with E-state index in [1.807, 2.05) is 37.2 Å². The molecule has 11 nitrogen and oxygen atoms in total. The molecule has 218 valence electrons. The standard InChI is InChI=1S/C31H31N3O8/c1-33(2)18-12-16(20-11-13-7-5-6-8-19(13)42-20)25(35)22-15(18)9-14-10-17-24(34(3)4)27(37)23(30(32)40)29(39)31(17,41)28(38)21(14)26(22)36/h5-8,11-12,14,17,24,35-36,39,41H,9-10H2,1-4H3,(H2,32,40)/t14-,17-,24+,31+/m0/s1. The lowest BCUT2D eigenvalue weighted by atomic mass is 9.57. The number of anilines is 1. The van der Waals surface area contributed by atoms with Gasteiger partial charge in [-0.25, -0.2) is 0 Å². The first-order valence-corrected chi connectivity index (χ1v) is 13.5. The van der Waals surface area contributed by atoms with Gasteiger partial charge in [-0.15, -0.1) is 0 Å². The number of ketones is 2. The minimum Gasteiger partial charge on any atom is -0.508 e. The van der Waals surface area contributed by atoms with Crippen LogP contribution in [0.5, 0.6) is 5.75 Å². The lowest BCUT2D eigenvalue weighted by molar-refractivity contribution is -0.153. The topological polar surface area (TPSA) is 178 Å². The highest BCUT2D eigenvalue weighted by Gasteiger charge is 2.64. The number of likely N-dealkylation sites (N-methyl/N-ethyl adjacent to an activating group) is 1. The van der Waals surface area contributed by atoms with Crippen LogP contribution in [0.4, 0.5) is 5.69 Å². The second-order valence-corrected chi connectivity index (χ2v) is 11.6. The number of hydrogen-bond acceptors (Lipinski definition) is 10. The predicted octanol–water partition coefficient (Wildman–Crippen LogP) is 2.44. The lowest BCUT2D eigenvalue weighted by Crippen LogP contribution is -2.65. The van der Waals surface area contributed by atoms with Gasteiger partial charge in [0.1, 0.15) is 34.2 Å². The molecule has 3 aromatic rings. The summed E-state index contributed by atoms with van der Waals surface area (Å²) in [6.07, 6.45) is 0.209. The minimum atomic E-state index is -2.69. The summed E-state index contributed by atoms with van der Waals surface area (Å²) < 4.78 is 6.00. The monoisotopic (exact) mass is 573 g/mol. The van der Waals surface area contributed by atoms with E-state index in [-0.39, 0.29) is 35.3 Å². The van der Waals surface area contributed by atoms with Crippen LogP contribution >= 0.6 is 0 Å². The highest BCUT2D eigenvalue weighted by molar-refractivity contribution is 6.24. The van der Waals surface area contributed by atoms with Crippen molar-refractivity contribution in [2.45, 2.75) is 24.5 Å². The number of hydrogen-bond donors (Lipinski definition) is 5. The van der Waals surface area contributed by atoms with Gasteiger partial charge in [-0.1, -0.05) is 18.2 Å². The molecule has 42 heavy (non-hydrogen) atoms. The van der Waals surface area contributed by atoms with Gasteiger partial charge in [0.2, 0.25) is 5.78 Å². The van der Waals surface area contributed by atoms with Crippen LogP contribution < -0.4 is 10.6 Å². The van der Waals surface area contributed by atoms with Gasteiger partial charge in [-0.3, -0.25) is 19.3 Å². The van der Waals surface area contributed by atoms with Gasteiger partial charge < -0.3 is 35.5 Å². The van der Waals surface area contributed by atoms with E-state index in [1.54, 1.807) is 32.3 Å². The van der Waals surface area contributed by atoms with Gasteiger partial charge >= 0.3 is 0 Å². The maximum Gasteiger partial charge on any atom is 0.255 e. The minimum absolute atomic E-state index is 0.00736. The van der Waals surface area contributed by atoms with E-state index in [0.29, 0.717) is 22.6 Å². The first-order valence-electron chi connectivity index (χ1n) is 13.5. The Morgan fingerprint density at radius 2 is 1.76 bits per heavy atom. The SMILES string of the molecule is CN(C)c1cc(-c2cc3ccccc3o2)c(O)c2c1C[C@H]1C[C@H]3[C@@H](N(C)C)C(=O)C(C(N)=O)=C(O)[C@]3(O)C(=O)C1=C2O. The molecular formula is C31H31N3O8. The zero-order valence-electron chi connectivity index (χ0n) is 23.5. The van der Waals surface area contributed by atoms with E-state index < -0.39 is 58.0 Å². The highest BCUT2D eigenvalue weighted by Crippen LogP contribution is 2.55. The Bertz CT molecular complexity index is 1750. The summed E-state index contributed by atoms with van der Waals surface area (Å²) in [5, 5.41) is 46.9. The van der Waals surface area contributed by atoms with Crippen LogP contribution in [0.3, 0.4) is 0 Å². The van der Waals surface area contributed by atoms with E-state index >= 15 is 0 Å². The molecule has 11 heteroatoms. The summed E-state index contributed by atoms with van der Waals surface area (Å²) in [7, 11) is 6.75. The van der Waals surface area contributed by atoms with Gasteiger partial charge in [0.05, 0.1) is 17.2 Å². The molecule has 1 aromatic heterocycles. The number of para-hydroxylation sites is 1. The normalized spacial score (nSPS) is 25.5. The second-order valence-electron chi connectivity index (χ2n) is 11.6. The van der Waals surface area contributed by atoms with Crippen molar-refractivity contribution in [1.29, 1.82) is 0 Å². The summed E-state index contributed by atoms with van der Waals surface area (Å²) in [5.41, 5.74) is 3.79. The number of rotatable bonds is 4. The number of phenols is 1. The van der Waals surface area contributed by atoms with Crippen molar-refractivity contribution in [3.8, 4) is 17.1 Å². The molecule has 0 radical (unpaired) electrons. The van der Waals surface area contributed by atoms with Crippen molar-refractivity contribution < 1.29 is 39.2 Å². The van der Waals surface area contributed by atoms with Crippen molar-refractivity contribution in [2.75, 3.05) is 33.1 Å².